The Bertz CT molecular complexity index is 103. The molecule has 11 heavy (non-hydrogen) atoms. The molecule has 4 heteroatoms. The van der Waals surface area contributed by atoms with E-state index in [0.717, 1.165) is 19.3 Å². The van der Waals surface area contributed by atoms with Gasteiger partial charge in [0.2, 0.25) is 0 Å². The lowest BCUT2D eigenvalue weighted by atomic mass is 10.1. The fraction of sp³-hybridized carbons (Fsp3) is 0.857. The fourth-order valence-electron chi connectivity index (χ4n) is 0.796. The van der Waals surface area contributed by atoms with Crippen molar-refractivity contribution in [3.05, 3.63) is 0 Å². The zero-order chi connectivity index (χ0) is 8.53. The monoisotopic (exact) mass is 162 g/mol. The molecule has 0 bridgehead atoms. The number of unbranched alkanes of at least 4 members (excludes halogenated alkanes) is 3. The summed E-state index contributed by atoms with van der Waals surface area (Å²) in [5.41, 5.74) is 0. The average Bonchev–Trinajstić information content (AvgIpc) is 1.96. The zero-order valence-corrected chi connectivity index (χ0v) is 6.45. The van der Waals surface area contributed by atoms with E-state index in [1.165, 1.54) is 0 Å². The molecule has 0 amide bonds. The molecule has 0 radical (unpaired) electrons. The van der Waals surface area contributed by atoms with Crippen LogP contribution in [0.2, 0.25) is 0 Å². The number of hydrogen-bond acceptors (Lipinski definition) is 3. The molecule has 0 aliphatic carbocycles. The Kier molecular flexibility index (Phi) is 7.08. The normalized spacial score (nSPS) is 9.91. The first-order chi connectivity index (χ1) is 5.27. The van der Waals surface area contributed by atoms with Gasteiger partial charge in [-0.15, -0.1) is 0 Å². The Hall–Kier alpha value is -0.610. The number of carboxylic acid groups (broad SMARTS) is 1. The molecule has 0 saturated heterocycles. The van der Waals surface area contributed by atoms with Crippen LogP contribution in [0.5, 0.6) is 0 Å². The number of hydrogen-bond donors (Lipinski definition) is 2. The molecule has 0 atom stereocenters. The first kappa shape index (κ1) is 10.4. The summed E-state index contributed by atoms with van der Waals surface area (Å²) in [4.78, 5) is 13.9. The second-order valence-electron chi connectivity index (χ2n) is 2.39. The number of aliphatic carboxylic acids is 1. The number of carbonyl (C=O) groups is 1. The van der Waals surface area contributed by atoms with Crippen molar-refractivity contribution in [3.63, 3.8) is 0 Å². The summed E-state index contributed by atoms with van der Waals surface area (Å²) < 4.78 is 0. The van der Waals surface area contributed by atoms with Gasteiger partial charge in [-0.05, 0) is 12.8 Å². The van der Waals surface area contributed by atoms with E-state index in [4.69, 9.17) is 10.4 Å². The summed E-state index contributed by atoms with van der Waals surface area (Å²) in [7, 11) is 0. The van der Waals surface area contributed by atoms with Crippen molar-refractivity contribution in [2.75, 3.05) is 6.61 Å². The van der Waals surface area contributed by atoms with Crippen LogP contribution in [0.3, 0.4) is 0 Å². The third-order valence-electron chi connectivity index (χ3n) is 1.38. The molecule has 0 aromatic carbocycles. The second kappa shape index (κ2) is 7.50. The first-order valence-electron chi connectivity index (χ1n) is 3.75. The molecule has 0 aliphatic heterocycles. The molecular weight excluding hydrogens is 148 g/mol. The van der Waals surface area contributed by atoms with Gasteiger partial charge in [0.25, 0.3) is 0 Å². The molecule has 0 saturated carbocycles. The number of rotatable bonds is 7. The summed E-state index contributed by atoms with van der Waals surface area (Å²) in [6.07, 6.45) is 3.53. The lowest BCUT2D eigenvalue weighted by Crippen LogP contribution is -1.94. The standard InChI is InChI=1S/C7H14O4/c8-7(9)5-3-1-2-4-6-11-10/h10H,1-6H2,(H,8,9). The predicted octanol–water partition coefficient (Wildman–Crippen LogP) is 1.51. The van der Waals surface area contributed by atoms with Crippen molar-refractivity contribution in [1.82, 2.24) is 0 Å². The minimum Gasteiger partial charge on any atom is -0.481 e. The summed E-state index contributed by atoms with van der Waals surface area (Å²) >= 11 is 0. The van der Waals surface area contributed by atoms with Crippen LogP contribution in [0, 0.1) is 0 Å². The second-order valence-corrected chi connectivity index (χ2v) is 2.39. The lowest BCUT2D eigenvalue weighted by Gasteiger charge is -1.96. The van der Waals surface area contributed by atoms with Gasteiger partial charge in [0.15, 0.2) is 0 Å². The smallest absolute Gasteiger partial charge is 0.303 e. The molecular formula is C7H14O4. The highest BCUT2D eigenvalue weighted by Gasteiger charge is 1.95. The average molecular weight is 162 g/mol. The van der Waals surface area contributed by atoms with Crippen LogP contribution in [-0.4, -0.2) is 22.9 Å². The molecule has 0 heterocycles. The molecule has 2 N–H and O–H groups in total. The van der Waals surface area contributed by atoms with E-state index in [-0.39, 0.29) is 6.42 Å². The molecule has 0 aromatic rings. The maximum atomic E-state index is 10.0. The number of carboxylic acids is 1. The highest BCUT2D eigenvalue weighted by molar-refractivity contribution is 5.66. The van der Waals surface area contributed by atoms with Crippen molar-refractivity contribution in [2.45, 2.75) is 32.1 Å². The summed E-state index contributed by atoms with van der Waals surface area (Å²) in [5.74, 6) is -0.747. The van der Waals surface area contributed by atoms with Gasteiger partial charge in [0, 0.05) is 6.42 Å². The van der Waals surface area contributed by atoms with Crippen molar-refractivity contribution in [2.24, 2.45) is 0 Å². The molecule has 0 rings (SSSR count). The third kappa shape index (κ3) is 9.39. The Morgan fingerprint density at radius 2 is 1.82 bits per heavy atom. The lowest BCUT2D eigenvalue weighted by molar-refractivity contribution is -0.242. The Morgan fingerprint density at radius 1 is 1.18 bits per heavy atom. The van der Waals surface area contributed by atoms with Gasteiger partial charge in [0.05, 0.1) is 6.61 Å². The predicted molar refractivity (Wildman–Crippen MR) is 39.3 cm³/mol. The SMILES string of the molecule is O=C(O)CCCCCCOO. The van der Waals surface area contributed by atoms with Crippen molar-refractivity contribution >= 4 is 5.97 Å². The Labute approximate surface area is 65.7 Å². The van der Waals surface area contributed by atoms with Crippen LogP contribution < -0.4 is 0 Å². The molecule has 66 valence electrons. The van der Waals surface area contributed by atoms with Crippen LogP contribution in [0.25, 0.3) is 0 Å². The molecule has 0 aliphatic rings. The van der Waals surface area contributed by atoms with Gasteiger partial charge >= 0.3 is 5.97 Å². The Morgan fingerprint density at radius 3 is 2.36 bits per heavy atom. The quantitative estimate of drug-likeness (QED) is 0.338. The largest absolute Gasteiger partial charge is 0.481 e. The van der Waals surface area contributed by atoms with Crippen molar-refractivity contribution in [3.8, 4) is 0 Å². The van der Waals surface area contributed by atoms with Gasteiger partial charge in [-0.2, -0.15) is 0 Å². The molecule has 0 fully saturated rings. The van der Waals surface area contributed by atoms with Gasteiger partial charge in [-0.25, -0.2) is 4.89 Å². The van der Waals surface area contributed by atoms with E-state index in [0.29, 0.717) is 13.0 Å². The van der Waals surface area contributed by atoms with Gasteiger partial charge in [-0.1, -0.05) is 12.8 Å². The van der Waals surface area contributed by atoms with E-state index >= 15 is 0 Å². The third-order valence-corrected chi connectivity index (χ3v) is 1.38. The van der Waals surface area contributed by atoms with E-state index in [1.807, 2.05) is 0 Å². The maximum Gasteiger partial charge on any atom is 0.303 e. The first-order valence-corrected chi connectivity index (χ1v) is 3.75. The van der Waals surface area contributed by atoms with Crippen LogP contribution >= 0.6 is 0 Å². The minimum absolute atomic E-state index is 0.236. The van der Waals surface area contributed by atoms with Crippen LogP contribution in [-0.2, 0) is 9.68 Å². The Balaban J connectivity index is 2.85. The highest BCUT2D eigenvalue weighted by Crippen LogP contribution is 2.02. The van der Waals surface area contributed by atoms with Crippen molar-refractivity contribution in [1.29, 1.82) is 0 Å². The van der Waals surface area contributed by atoms with E-state index in [9.17, 15) is 4.79 Å². The fourth-order valence-corrected chi connectivity index (χ4v) is 0.796. The summed E-state index contributed by atoms with van der Waals surface area (Å²) in [5, 5.41) is 16.2. The molecule has 0 spiro atoms. The highest BCUT2D eigenvalue weighted by atomic mass is 17.1. The van der Waals surface area contributed by atoms with Crippen molar-refractivity contribution < 1.29 is 20.0 Å². The minimum atomic E-state index is -0.747. The van der Waals surface area contributed by atoms with E-state index < -0.39 is 5.97 Å². The van der Waals surface area contributed by atoms with E-state index in [2.05, 4.69) is 4.89 Å². The van der Waals surface area contributed by atoms with Gasteiger partial charge < -0.3 is 5.11 Å². The van der Waals surface area contributed by atoms with E-state index in [1.54, 1.807) is 0 Å². The van der Waals surface area contributed by atoms with Crippen LogP contribution in [0.4, 0.5) is 0 Å². The van der Waals surface area contributed by atoms with Crippen LogP contribution in [0.1, 0.15) is 32.1 Å². The molecule has 0 unspecified atom stereocenters. The topological polar surface area (TPSA) is 66.8 Å². The van der Waals surface area contributed by atoms with Crippen LogP contribution in [0.15, 0.2) is 0 Å². The molecule has 0 aromatic heterocycles. The molecule has 4 nitrogen and oxygen atoms in total. The van der Waals surface area contributed by atoms with Gasteiger partial charge in [-0.3, -0.25) is 10.1 Å². The zero-order valence-electron chi connectivity index (χ0n) is 6.45. The maximum absolute atomic E-state index is 10.0. The van der Waals surface area contributed by atoms with Gasteiger partial charge in [0.1, 0.15) is 0 Å². The summed E-state index contributed by atoms with van der Waals surface area (Å²) in [6.45, 7) is 0.340. The summed E-state index contributed by atoms with van der Waals surface area (Å²) in [6, 6.07) is 0.